The summed E-state index contributed by atoms with van der Waals surface area (Å²) in [6.07, 6.45) is 4.36. The molecule has 9 heteroatoms. The highest BCUT2D eigenvalue weighted by molar-refractivity contribution is 7.57. The first-order valence-electron chi connectivity index (χ1n) is 9.81. The fraction of sp³-hybridized carbons (Fsp3) is 0.400. The predicted octanol–water partition coefficient (Wildman–Crippen LogP) is 5.12. The van der Waals surface area contributed by atoms with E-state index in [2.05, 4.69) is 25.7 Å². The molecule has 3 N–H and O–H groups in total. The van der Waals surface area contributed by atoms with E-state index in [-0.39, 0.29) is 0 Å². The molecule has 2 heterocycles. The van der Waals surface area contributed by atoms with Crippen LogP contribution >= 0.6 is 18.9 Å². The Balaban J connectivity index is 1.87. The van der Waals surface area contributed by atoms with E-state index >= 15 is 0 Å². The molecule has 0 aliphatic heterocycles. The highest BCUT2D eigenvalue weighted by atomic mass is 32.1. The van der Waals surface area contributed by atoms with Gasteiger partial charge in [-0.25, -0.2) is 10.1 Å². The zero-order valence-electron chi connectivity index (χ0n) is 17.0. The molecule has 0 amide bonds. The molecule has 2 atom stereocenters. The molecule has 0 saturated heterocycles. The third-order valence-corrected chi connectivity index (χ3v) is 8.30. The summed E-state index contributed by atoms with van der Waals surface area (Å²) < 4.78 is 19.6. The van der Waals surface area contributed by atoms with Gasteiger partial charge in [0, 0.05) is 25.5 Å². The van der Waals surface area contributed by atoms with Gasteiger partial charge in [-0.15, -0.1) is 11.3 Å². The molecule has 29 heavy (non-hydrogen) atoms. The van der Waals surface area contributed by atoms with E-state index in [1.54, 1.807) is 12.4 Å². The zero-order valence-corrected chi connectivity index (χ0v) is 18.7. The number of hydrogen-bond acceptors (Lipinski definition) is 7. The van der Waals surface area contributed by atoms with E-state index in [1.807, 2.05) is 51.2 Å². The summed E-state index contributed by atoms with van der Waals surface area (Å²) in [5.74, 6) is 0. The van der Waals surface area contributed by atoms with Gasteiger partial charge in [0.05, 0.1) is 30.2 Å². The number of benzene rings is 1. The number of nitrogens with zero attached hydrogens (tertiary/aromatic N) is 2. The van der Waals surface area contributed by atoms with Crippen molar-refractivity contribution in [3.05, 3.63) is 47.7 Å². The molecule has 1 aromatic carbocycles. The number of thiazole rings is 1. The van der Waals surface area contributed by atoms with Gasteiger partial charge in [0.25, 0.3) is 7.52 Å². The summed E-state index contributed by atoms with van der Waals surface area (Å²) in [5.41, 5.74) is 1.41. The second-order valence-electron chi connectivity index (χ2n) is 6.57. The van der Waals surface area contributed by atoms with Gasteiger partial charge in [-0.3, -0.25) is 9.55 Å². The first-order chi connectivity index (χ1) is 14.1. The smallest absolute Gasteiger partial charge is 0.281 e. The molecule has 0 spiro atoms. The van der Waals surface area contributed by atoms with Crippen LogP contribution in [0.5, 0.6) is 0 Å². The van der Waals surface area contributed by atoms with Crippen molar-refractivity contribution in [1.82, 2.24) is 15.1 Å². The van der Waals surface area contributed by atoms with E-state index in [1.165, 1.54) is 11.3 Å². The van der Waals surface area contributed by atoms with Gasteiger partial charge in [-0.05, 0) is 18.6 Å². The second kappa shape index (κ2) is 10.2. The highest BCUT2D eigenvalue weighted by Gasteiger charge is 2.37. The molecule has 0 bridgehead atoms. The third-order valence-electron chi connectivity index (χ3n) is 4.42. The van der Waals surface area contributed by atoms with Gasteiger partial charge in [-0.1, -0.05) is 32.0 Å². The lowest BCUT2D eigenvalue weighted by Crippen LogP contribution is -2.23. The number of nitrogens with one attached hydrogen (secondary N) is 3. The van der Waals surface area contributed by atoms with Crippen LogP contribution in [-0.4, -0.2) is 36.7 Å². The molecule has 3 aromatic rings. The van der Waals surface area contributed by atoms with Gasteiger partial charge in [-0.2, -0.15) is 0 Å². The minimum Gasteiger partial charge on any atom is -0.382 e. The number of para-hydroxylation sites is 1. The third kappa shape index (κ3) is 5.34. The summed E-state index contributed by atoms with van der Waals surface area (Å²) in [7, 11) is -1.31. The Morgan fingerprint density at radius 2 is 2.03 bits per heavy atom. The summed E-state index contributed by atoms with van der Waals surface area (Å²) in [6, 6.07) is 10.0. The molecule has 156 valence electrons. The highest BCUT2D eigenvalue weighted by Crippen LogP contribution is 2.57. The van der Waals surface area contributed by atoms with Crippen LogP contribution in [0.25, 0.3) is 10.9 Å². The molecule has 2 aromatic heterocycles. The maximum absolute atomic E-state index is 13.8. The van der Waals surface area contributed by atoms with Crippen molar-refractivity contribution < 1.29 is 9.09 Å². The van der Waals surface area contributed by atoms with Crippen LogP contribution in [0.3, 0.4) is 0 Å². The summed E-state index contributed by atoms with van der Waals surface area (Å²) in [4.78, 5) is 9.01. The maximum Gasteiger partial charge on any atom is 0.281 e. The lowest BCUT2D eigenvalue weighted by molar-refractivity contribution is 0.299. The Bertz CT molecular complexity index is 980. The molecular formula is C20H28N5O2PS. The van der Waals surface area contributed by atoms with Gasteiger partial charge in [0.2, 0.25) is 0 Å². The Kier molecular flexibility index (Phi) is 7.61. The van der Waals surface area contributed by atoms with Gasteiger partial charge in [0.1, 0.15) is 15.7 Å². The van der Waals surface area contributed by atoms with Crippen molar-refractivity contribution in [2.75, 3.05) is 37.4 Å². The van der Waals surface area contributed by atoms with Gasteiger partial charge in [0.15, 0.2) is 0 Å². The molecule has 0 fully saturated rings. The van der Waals surface area contributed by atoms with Gasteiger partial charge >= 0.3 is 0 Å². The Morgan fingerprint density at radius 3 is 2.76 bits per heavy atom. The van der Waals surface area contributed by atoms with Crippen molar-refractivity contribution >= 4 is 40.4 Å². The van der Waals surface area contributed by atoms with E-state index < -0.39 is 13.2 Å². The van der Waals surface area contributed by atoms with Crippen LogP contribution in [0.2, 0.25) is 0 Å². The van der Waals surface area contributed by atoms with Gasteiger partial charge < -0.3 is 15.2 Å². The molecule has 0 aliphatic carbocycles. The minimum atomic E-state index is -3.16. The monoisotopic (exact) mass is 433 g/mol. The molecular weight excluding hydrogens is 405 g/mol. The Labute approximate surface area is 175 Å². The summed E-state index contributed by atoms with van der Waals surface area (Å²) in [6.45, 7) is 5.35. The number of rotatable bonds is 11. The average molecular weight is 434 g/mol. The van der Waals surface area contributed by atoms with Crippen molar-refractivity contribution in [2.24, 2.45) is 0 Å². The topological polar surface area (TPSA) is 88.2 Å². The van der Waals surface area contributed by atoms with Crippen molar-refractivity contribution in [3.8, 4) is 0 Å². The SMILES string of the molecule is CCCOP(=O)(NCC)C(CNc1cnc2ccccc2c1)c1ncc(NC)s1. The number of anilines is 2. The quantitative estimate of drug-likeness (QED) is 0.362. The largest absolute Gasteiger partial charge is 0.382 e. The van der Waals surface area contributed by atoms with E-state index in [0.29, 0.717) is 19.7 Å². The number of fused-ring (bicyclic) bond motifs is 1. The average Bonchev–Trinajstić information content (AvgIpc) is 3.21. The summed E-state index contributed by atoms with van der Waals surface area (Å²) >= 11 is 1.49. The molecule has 0 radical (unpaired) electrons. The number of hydrogen-bond donors (Lipinski definition) is 3. The Morgan fingerprint density at radius 1 is 1.21 bits per heavy atom. The van der Waals surface area contributed by atoms with E-state index in [0.717, 1.165) is 33.0 Å². The van der Waals surface area contributed by atoms with Crippen molar-refractivity contribution in [1.29, 1.82) is 0 Å². The van der Waals surface area contributed by atoms with Crippen molar-refractivity contribution in [2.45, 2.75) is 25.9 Å². The second-order valence-corrected chi connectivity index (χ2v) is 10.0. The van der Waals surface area contributed by atoms with Crippen LogP contribution < -0.4 is 15.7 Å². The standard InChI is InChI=1S/C20H28N5O2PS/c1-4-10-27-28(26,25-5-2)18(20-24-14-19(21-3)29-20)13-22-16-11-15-8-6-7-9-17(15)23-12-16/h6-9,11-12,14,18,21-22H,4-5,10,13H2,1-3H3,(H,25,26). The van der Waals surface area contributed by atoms with Crippen molar-refractivity contribution in [3.63, 3.8) is 0 Å². The van der Waals surface area contributed by atoms with Crippen LogP contribution in [0, 0.1) is 0 Å². The molecule has 0 saturated carbocycles. The molecule has 7 nitrogen and oxygen atoms in total. The van der Waals surface area contributed by atoms with Crippen LogP contribution in [0.4, 0.5) is 10.7 Å². The predicted molar refractivity (Wildman–Crippen MR) is 122 cm³/mol. The number of aromatic nitrogens is 2. The molecule has 2 unspecified atom stereocenters. The number of pyridine rings is 1. The zero-order chi connectivity index (χ0) is 20.7. The lowest BCUT2D eigenvalue weighted by Gasteiger charge is -2.27. The fourth-order valence-corrected chi connectivity index (χ4v) is 6.39. The fourth-order valence-electron chi connectivity index (χ4n) is 2.99. The Hall–Kier alpha value is -1.99. The van der Waals surface area contributed by atoms with Crippen LogP contribution in [0.1, 0.15) is 30.9 Å². The van der Waals surface area contributed by atoms with E-state index in [4.69, 9.17) is 4.52 Å². The first-order valence-corrected chi connectivity index (χ1v) is 12.3. The van der Waals surface area contributed by atoms with Crippen LogP contribution in [-0.2, 0) is 9.09 Å². The molecule has 0 aliphatic rings. The lowest BCUT2D eigenvalue weighted by atomic mass is 10.2. The first kappa shape index (κ1) is 21.7. The van der Waals surface area contributed by atoms with Crippen LogP contribution in [0.15, 0.2) is 42.7 Å². The molecule has 3 rings (SSSR count). The minimum absolute atomic E-state index is 0.410. The van der Waals surface area contributed by atoms with E-state index in [9.17, 15) is 4.57 Å². The summed E-state index contributed by atoms with van der Waals surface area (Å²) in [5, 5.41) is 12.4. The normalized spacial score (nSPS) is 14.4. The maximum atomic E-state index is 13.8.